The smallest absolute Gasteiger partial charge is 0.288 e. The van der Waals surface area contributed by atoms with Crippen molar-refractivity contribution in [3.8, 4) is 5.75 Å². The van der Waals surface area contributed by atoms with E-state index in [2.05, 4.69) is 0 Å². The minimum atomic E-state index is -3.12. The summed E-state index contributed by atoms with van der Waals surface area (Å²) in [6.45, 7) is 0.942. The third-order valence-electron chi connectivity index (χ3n) is 2.13. The van der Waals surface area contributed by atoms with E-state index < -0.39 is 12.5 Å². The highest BCUT2D eigenvalue weighted by molar-refractivity contribution is 6.31. The van der Waals surface area contributed by atoms with Crippen LogP contribution < -0.4 is 10.5 Å². The monoisotopic (exact) mass is 235 g/mol. The Balaban J connectivity index is 3.34. The lowest BCUT2D eigenvalue weighted by atomic mass is 10.0. The van der Waals surface area contributed by atoms with Gasteiger partial charge in [0.05, 0.1) is 19.2 Å². The maximum Gasteiger partial charge on any atom is 0.288 e. The first-order valence-electron chi connectivity index (χ1n) is 4.35. The highest BCUT2D eigenvalue weighted by Crippen LogP contribution is 2.37. The molecule has 0 amide bonds. The summed E-state index contributed by atoms with van der Waals surface area (Å²) in [5.41, 5.74) is 5.41. The van der Waals surface area contributed by atoms with Crippen LogP contribution in [0.25, 0.3) is 0 Å². The fraction of sp³-hybridized carbons (Fsp3) is 0.400. The fourth-order valence-electron chi connectivity index (χ4n) is 1.22. The fourth-order valence-corrected chi connectivity index (χ4v) is 1.38. The number of halogens is 3. The van der Waals surface area contributed by atoms with Crippen LogP contribution in [0, 0.1) is 6.92 Å². The van der Waals surface area contributed by atoms with Crippen LogP contribution >= 0.6 is 11.6 Å². The third kappa shape index (κ3) is 2.38. The van der Waals surface area contributed by atoms with Crippen molar-refractivity contribution in [2.45, 2.75) is 12.8 Å². The Bertz CT molecular complexity index is 369. The zero-order valence-electron chi connectivity index (χ0n) is 8.48. The molecule has 0 saturated carbocycles. The number of hydrogen-bond donors (Lipinski definition) is 1. The van der Waals surface area contributed by atoms with Crippen molar-refractivity contribution in [2.75, 3.05) is 13.7 Å². The van der Waals surface area contributed by atoms with Crippen LogP contribution in [0.3, 0.4) is 0 Å². The summed E-state index contributed by atoms with van der Waals surface area (Å²) in [5, 5.41) is 0.277. The van der Waals surface area contributed by atoms with Gasteiger partial charge in [0.2, 0.25) is 0 Å². The second-order valence-corrected chi connectivity index (χ2v) is 3.62. The molecule has 0 bridgehead atoms. The van der Waals surface area contributed by atoms with Gasteiger partial charge in [-0.2, -0.15) is 8.78 Å². The van der Waals surface area contributed by atoms with Gasteiger partial charge in [0.25, 0.3) is 5.92 Å². The average molecular weight is 236 g/mol. The van der Waals surface area contributed by atoms with E-state index >= 15 is 0 Å². The van der Waals surface area contributed by atoms with Gasteiger partial charge >= 0.3 is 0 Å². The molecular formula is C10H12ClF2NO. The van der Waals surface area contributed by atoms with Crippen LogP contribution in [-0.2, 0) is 5.92 Å². The second-order valence-electron chi connectivity index (χ2n) is 3.21. The Morgan fingerprint density at radius 1 is 1.47 bits per heavy atom. The van der Waals surface area contributed by atoms with E-state index in [4.69, 9.17) is 22.1 Å². The van der Waals surface area contributed by atoms with Gasteiger partial charge in [-0.05, 0) is 24.6 Å². The lowest BCUT2D eigenvalue weighted by Crippen LogP contribution is -2.25. The van der Waals surface area contributed by atoms with Crippen molar-refractivity contribution >= 4 is 11.6 Å². The Morgan fingerprint density at radius 3 is 2.53 bits per heavy atom. The van der Waals surface area contributed by atoms with E-state index in [0.29, 0.717) is 5.56 Å². The lowest BCUT2D eigenvalue weighted by molar-refractivity contribution is 0.00369. The minimum absolute atomic E-state index is 0.104. The number of rotatable bonds is 3. The molecule has 0 fully saturated rings. The van der Waals surface area contributed by atoms with Crippen molar-refractivity contribution in [3.05, 3.63) is 28.3 Å². The van der Waals surface area contributed by atoms with E-state index in [-0.39, 0.29) is 16.3 Å². The number of ether oxygens (including phenoxy) is 1. The molecule has 0 unspecified atom stereocenters. The molecule has 0 atom stereocenters. The van der Waals surface area contributed by atoms with Gasteiger partial charge in [-0.1, -0.05) is 11.6 Å². The summed E-state index contributed by atoms with van der Waals surface area (Å²) < 4.78 is 31.6. The van der Waals surface area contributed by atoms with Crippen LogP contribution in [0.2, 0.25) is 5.02 Å². The first-order valence-corrected chi connectivity index (χ1v) is 4.72. The van der Waals surface area contributed by atoms with E-state index in [1.165, 1.54) is 19.2 Å². The number of methoxy groups -OCH3 is 1. The predicted molar refractivity (Wildman–Crippen MR) is 55.7 cm³/mol. The van der Waals surface area contributed by atoms with E-state index in [1.54, 1.807) is 6.92 Å². The van der Waals surface area contributed by atoms with Crippen molar-refractivity contribution in [2.24, 2.45) is 5.73 Å². The molecule has 1 rings (SSSR count). The Hall–Kier alpha value is -0.870. The van der Waals surface area contributed by atoms with Crippen LogP contribution in [0.15, 0.2) is 12.1 Å². The van der Waals surface area contributed by atoms with E-state index in [9.17, 15) is 8.78 Å². The molecule has 2 nitrogen and oxygen atoms in total. The van der Waals surface area contributed by atoms with Crippen LogP contribution in [0.1, 0.15) is 11.1 Å². The molecule has 0 radical (unpaired) electrons. The maximum atomic E-state index is 13.4. The SMILES string of the molecule is COc1cc(C)c(Cl)cc1C(F)(F)CN. The molecular weight excluding hydrogens is 224 g/mol. The highest BCUT2D eigenvalue weighted by atomic mass is 35.5. The number of nitrogens with two attached hydrogens (primary N) is 1. The summed E-state index contributed by atoms with van der Waals surface area (Å²) in [5.74, 6) is -3.02. The zero-order chi connectivity index (χ0) is 11.6. The normalized spacial score (nSPS) is 11.6. The highest BCUT2D eigenvalue weighted by Gasteiger charge is 2.33. The first-order chi connectivity index (χ1) is 6.92. The average Bonchev–Trinajstić information content (AvgIpc) is 2.21. The maximum absolute atomic E-state index is 13.4. The van der Waals surface area contributed by atoms with Crippen molar-refractivity contribution in [1.29, 1.82) is 0 Å². The molecule has 2 N–H and O–H groups in total. The van der Waals surface area contributed by atoms with Gasteiger partial charge in [0, 0.05) is 5.02 Å². The molecule has 1 aromatic carbocycles. The number of alkyl halides is 2. The van der Waals surface area contributed by atoms with E-state index in [0.717, 1.165) is 0 Å². The quantitative estimate of drug-likeness (QED) is 0.874. The zero-order valence-corrected chi connectivity index (χ0v) is 9.24. The molecule has 0 aliphatic heterocycles. The van der Waals surface area contributed by atoms with Gasteiger partial charge in [0.15, 0.2) is 0 Å². The molecule has 0 spiro atoms. The summed E-state index contributed by atoms with van der Waals surface area (Å²) in [6.07, 6.45) is 0. The molecule has 5 heteroatoms. The molecule has 0 aliphatic carbocycles. The van der Waals surface area contributed by atoms with Crippen molar-refractivity contribution in [1.82, 2.24) is 0 Å². The van der Waals surface area contributed by atoms with Crippen molar-refractivity contribution in [3.63, 3.8) is 0 Å². The van der Waals surface area contributed by atoms with Gasteiger partial charge in [-0.15, -0.1) is 0 Å². The summed E-state index contributed by atoms with van der Waals surface area (Å²) in [7, 11) is 1.33. The number of aryl methyl sites for hydroxylation is 1. The minimum Gasteiger partial charge on any atom is -0.496 e. The summed E-state index contributed by atoms with van der Waals surface area (Å²) in [6, 6.07) is 2.67. The lowest BCUT2D eigenvalue weighted by Gasteiger charge is -2.18. The number of benzene rings is 1. The topological polar surface area (TPSA) is 35.2 Å². The molecule has 0 saturated heterocycles. The summed E-state index contributed by atoms with van der Waals surface area (Å²) in [4.78, 5) is 0. The van der Waals surface area contributed by atoms with Crippen LogP contribution in [-0.4, -0.2) is 13.7 Å². The van der Waals surface area contributed by atoms with E-state index in [1.807, 2.05) is 0 Å². The number of hydrogen-bond acceptors (Lipinski definition) is 2. The Morgan fingerprint density at radius 2 is 2.07 bits per heavy atom. The standard InChI is InChI=1S/C10H12ClF2NO/c1-6-3-9(15-2)7(4-8(6)11)10(12,13)5-14/h3-4H,5,14H2,1-2H3. The Labute approximate surface area is 92.0 Å². The Kier molecular flexibility index (Phi) is 3.52. The molecule has 0 aromatic heterocycles. The molecule has 84 valence electrons. The third-order valence-corrected chi connectivity index (χ3v) is 2.54. The van der Waals surface area contributed by atoms with Gasteiger partial charge in [0.1, 0.15) is 5.75 Å². The van der Waals surface area contributed by atoms with Gasteiger partial charge in [-0.3, -0.25) is 0 Å². The first kappa shape index (κ1) is 12.2. The molecule has 1 aromatic rings. The van der Waals surface area contributed by atoms with Gasteiger partial charge in [-0.25, -0.2) is 0 Å². The van der Waals surface area contributed by atoms with Crippen molar-refractivity contribution < 1.29 is 13.5 Å². The molecule has 0 aliphatic rings. The summed E-state index contributed by atoms with van der Waals surface area (Å²) >= 11 is 5.78. The molecule has 0 heterocycles. The molecule has 15 heavy (non-hydrogen) atoms. The van der Waals surface area contributed by atoms with Gasteiger partial charge < -0.3 is 10.5 Å². The van der Waals surface area contributed by atoms with Crippen LogP contribution in [0.5, 0.6) is 5.75 Å². The predicted octanol–water partition coefficient (Wildman–Crippen LogP) is 2.71. The van der Waals surface area contributed by atoms with Crippen LogP contribution in [0.4, 0.5) is 8.78 Å². The second kappa shape index (κ2) is 4.33. The largest absolute Gasteiger partial charge is 0.496 e.